The van der Waals surface area contributed by atoms with Crippen molar-refractivity contribution in [3.63, 3.8) is 0 Å². The maximum absolute atomic E-state index is 15.8. The van der Waals surface area contributed by atoms with E-state index in [4.69, 9.17) is 5.73 Å². The van der Waals surface area contributed by atoms with Crippen molar-refractivity contribution in [3.8, 4) is 22.5 Å². The standard InChI is InChI=1S/C37H44FN9O3/c1-22-18-27(36(49)41-29-14-16-40-17-15-29)9-13-30(22)31-12-4-24(19-32(31)38)20-33(43-35(48)26-5-2-23(21-39)3-6-26)37(50)42-28-10-7-25(8-11-28)34-44-46-47-45-34/h4,7-13,18-19,23,26,29,33,40H,2-3,5-6,14-17,20-21,39H2,1H3,(H,41,49)(H,42,50)(H,43,48)(H,44,45,46,47)/t23?,26?,33-/m0/s1. The first kappa shape index (κ1) is 34.8. The molecule has 7 N–H and O–H groups in total. The number of carbonyl (C=O) groups is 3. The van der Waals surface area contributed by atoms with Gasteiger partial charge in [0, 0.05) is 40.8 Å². The normalized spacial score (nSPS) is 18.6. The van der Waals surface area contributed by atoms with Crippen LogP contribution in [0.1, 0.15) is 60.0 Å². The molecule has 12 nitrogen and oxygen atoms in total. The van der Waals surface area contributed by atoms with Crippen molar-refractivity contribution >= 4 is 23.4 Å². The number of nitrogens with two attached hydrogens (primary N) is 1. The minimum atomic E-state index is -0.948. The molecule has 2 fully saturated rings. The lowest BCUT2D eigenvalue weighted by Gasteiger charge is -2.28. The summed E-state index contributed by atoms with van der Waals surface area (Å²) in [5.41, 5.74) is 10.0. The molecule has 0 spiro atoms. The van der Waals surface area contributed by atoms with Crippen molar-refractivity contribution in [1.82, 2.24) is 36.6 Å². The number of aromatic nitrogens is 4. The van der Waals surface area contributed by atoms with E-state index in [1.54, 1.807) is 54.6 Å². The Balaban J connectivity index is 1.16. The van der Waals surface area contributed by atoms with Crippen LogP contribution in [0.3, 0.4) is 0 Å². The predicted octanol–water partition coefficient (Wildman–Crippen LogP) is 3.89. The Kier molecular flexibility index (Phi) is 11.2. The highest BCUT2D eigenvalue weighted by Crippen LogP contribution is 2.30. The molecule has 1 saturated carbocycles. The van der Waals surface area contributed by atoms with Crippen molar-refractivity contribution in [2.75, 3.05) is 25.0 Å². The molecule has 6 rings (SSSR count). The van der Waals surface area contributed by atoms with Crippen LogP contribution in [0, 0.1) is 24.6 Å². The van der Waals surface area contributed by atoms with Gasteiger partial charge in [0.05, 0.1) is 0 Å². The number of benzene rings is 3. The van der Waals surface area contributed by atoms with Gasteiger partial charge in [-0.2, -0.15) is 5.21 Å². The average Bonchev–Trinajstić information content (AvgIpc) is 3.68. The number of aromatic amines is 1. The largest absolute Gasteiger partial charge is 0.349 e. The number of anilines is 1. The molecular weight excluding hydrogens is 637 g/mol. The Bertz CT molecular complexity index is 1780. The third-order valence-corrected chi connectivity index (χ3v) is 9.87. The highest BCUT2D eigenvalue weighted by atomic mass is 19.1. The number of amides is 3. The van der Waals surface area contributed by atoms with Crippen molar-refractivity contribution in [1.29, 1.82) is 0 Å². The third kappa shape index (κ3) is 8.58. The van der Waals surface area contributed by atoms with Gasteiger partial charge in [0.2, 0.25) is 17.6 Å². The second-order valence-corrected chi connectivity index (χ2v) is 13.4. The lowest BCUT2D eigenvalue weighted by atomic mass is 9.81. The number of hydrogen-bond donors (Lipinski definition) is 6. The summed E-state index contributed by atoms with van der Waals surface area (Å²) < 4.78 is 15.8. The van der Waals surface area contributed by atoms with Gasteiger partial charge in [-0.25, -0.2) is 4.39 Å². The van der Waals surface area contributed by atoms with Crippen molar-refractivity contribution in [2.45, 2.75) is 64.0 Å². The SMILES string of the molecule is Cc1cc(C(=O)NC2CCNCC2)ccc1-c1ccc(C[C@H](NC(=O)C2CCC(CN)CC2)C(=O)Nc2ccc(-c3nn[nH]n3)cc2)cc1F. The molecule has 1 aromatic heterocycles. The molecule has 262 valence electrons. The van der Waals surface area contributed by atoms with Crippen LogP contribution >= 0.6 is 0 Å². The summed E-state index contributed by atoms with van der Waals surface area (Å²) in [4.78, 5) is 40.0. The first-order valence-electron chi connectivity index (χ1n) is 17.3. The second kappa shape index (κ2) is 16.1. The van der Waals surface area contributed by atoms with Gasteiger partial charge < -0.3 is 27.0 Å². The van der Waals surface area contributed by atoms with Crippen LogP contribution in [-0.4, -0.2) is 70.1 Å². The van der Waals surface area contributed by atoms with Crippen LogP contribution in [0.2, 0.25) is 0 Å². The second-order valence-electron chi connectivity index (χ2n) is 13.4. The highest BCUT2D eigenvalue weighted by molar-refractivity contribution is 5.98. The summed E-state index contributed by atoms with van der Waals surface area (Å²) in [6, 6.07) is 16.3. The van der Waals surface area contributed by atoms with Gasteiger partial charge in [-0.15, -0.1) is 10.2 Å². The Labute approximate surface area is 290 Å². The number of halogens is 1. The zero-order valence-electron chi connectivity index (χ0n) is 28.2. The van der Waals surface area contributed by atoms with Crippen LogP contribution in [0.15, 0.2) is 60.7 Å². The average molecular weight is 682 g/mol. The quantitative estimate of drug-likeness (QED) is 0.138. The molecule has 2 heterocycles. The smallest absolute Gasteiger partial charge is 0.251 e. The minimum Gasteiger partial charge on any atom is -0.349 e. The molecule has 0 unspecified atom stereocenters. The zero-order valence-corrected chi connectivity index (χ0v) is 28.2. The number of H-pyrrole nitrogens is 1. The lowest BCUT2D eigenvalue weighted by molar-refractivity contribution is -0.130. The van der Waals surface area contributed by atoms with Crippen molar-refractivity contribution in [3.05, 3.63) is 83.2 Å². The van der Waals surface area contributed by atoms with Gasteiger partial charge in [0.15, 0.2) is 0 Å². The number of aryl methyl sites for hydroxylation is 1. The summed E-state index contributed by atoms with van der Waals surface area (Å²) in [7, 11) is 0. The molecule has 0 bridgehead atoms. The Morgan fingerprint density at radius 2 is 1.68 bits per heavy atom. The van der Waals surface area contributed by atoms with Gasteiger partial charge in [-0.1, -0.05) is 18.2 Å². The number of carbonyl (C=O) groups excluding carboxylic acids is 3. The van der Waals surface area contributed by atoms with Crippen molar-refractivity contribution in [2.24, 2.45) is 17.6 Å². The fourth-order valence-electron chi connectivity index (χ4n) is 6.86. The third-order valence-electron chi connectivity index (χ3n) is 9.87. The fourth-order valence-corrected chi connectivity index (χ4v) is 6.86. The summed E-state index contributed by atoms with van der Waals surface area (Å²) >= 11 is 0. The number of nitrogens with one attached hydrogen (secondary N) is 5. The number of rotatable bonds is 11. The number of hydrogen-bond acceptors (Lipinski definition) is 8. The molecule has 3 amide bonds. The van der Waals surface area contributed by atoms with Gasteiger partial charge >= 0.3 is 0 Å². The summed E-state index contributed by atoms with van der Waals surface area (Å²) in [6.45, 7) is 4.21. The van der Waals surface area contributed by atoms with E-state index in [1.807, 2.05) is 6.92 Å². The summed E-state index contributed by atoms with van der Waals surface area (Å²) in [6.07, 6.45) is 5.02. The highest BCUT2D eigenvalue weighted by Gasteiger charge is 2.30. The molecule has 1 aliphatic carbocycles. The van der Waals surface area contributed by atoms with Crippen LogP contribution < -0.4 is 27.0 Å². The van der Waals surface area contributed by atoms with Crippen LogP contribution in [0.25, 0.3) is 22.5 Å². The van der Waals surface area contributed by atoms with Crippen LogP contribution in [-0.2, 0) is 16.0 Å². The van der Waals surface area contributed by atoms with Crippen molar-refractivity contribution < 1.29 is 18.8 Å². The van der Waals surface area contributed by atoms with E-state index in [9.17, 15) is 14.4 Å². The van der Waals surface area contributed by atoms with E-state index >= 15 is 4.39 Å². The van der Waals surface area contributed by atoms with Gasteiger partial charge in [-0.3, -0.25) is 14.4 Å². The fraction of sp³-hybridized carbons (Fsp3) is 0.405. The first-order chi connectivity index (χ1) is 24.3. The van der Waals surface area contributed by atoms with Gasteiger partial charge in [0.25, 0.3) is 5.91 Å². The minimum absolute atomic E-state index is 0.0860. The molecule has 13 heteroatoms. The van der Waals surface area contributed by atoms with E-state index in [0.29, 0.717) is 59.1 Å². The molecule has 50 heavy (non-hydrogen) atoms. The summed E-state index contributed by atoms with van der Waals surface area (Å²) in [5.74, 6) is -0.582. The molecule has 1 aliphatic heterocycles. The predicted molar refractivity (Wildman–Crippen MR) is 188 cm³/mol. The van der Waals surface area contributed by atoms with Crippen LogP contribution in [0.4, 0.5) is 10.1 Å². The van der Waals surface area contributed by atoms with E-state index in [2.05, 4.69) is 41.9 Å². The molecule has 0 radical (unpaired) electrons. The molecule has 1 saturated heterocycles. The Morgan fingerprint density at radius 1 is 0.940 bits per heavy atom. The maximum Gasteiger partial charge on any atom is 0.251 e. The molecule has 3 aromatic carbocycles. The topological polar surface area (TPSA) is 180 Å². The Hall–Kier alpha value is -5.01. The molecular formula is C37H44FN9O3. The van der Waals surface area contributed by atoms with E-state index < -0.39 is 17.8 Å². The summed E-state index contributed by atoms with van der Waals surface area (Å²) in [5, 5.41) is 26.2. The van der Waals surface area contributed by atoms with E-state index in [-0.39, 0.29) is 30.2 Å². The van der Waals surface area contributed by atoms with Crippen LogP contribution in [0.5, 0.6) is 0 Å². The van der Waals surface area contributed by atoms with E-state index in [0.717, 1.165) is 49.9 Å². The zero-order chi connectivity index (χ0) is 35.0. The Morgan fingerprint density at radius 3 is 2.34 bits per heavy atom. The molecule has 1 atom stereocenters. The maximum atomic E-state index is 15.8. The molecule has 4 aromatic rings. The molecule has 2 aliphatic rings. The lowest BCUT2D eigenvalue weighted by Crippen LogP contribution is -2.48. The monoisotopic (exact) mass is 681 g/mol. The number of piperidine rings is 1. The first-order valence-corrected chi connectivity index (χ1v) is 17.3. The van der Waals surface area contributed by atoms with Gasteiger partial charge in [-0.05, 0) is 135 Å². The van der Waals surface area contributed by atoms with E-state index in [1.165, 1.54) is 6.07 Å². The van der Waals surface area contributed by atoms with Gasteiger partial charge in [0.1, 0.15) is 11.9 Å². The number of tetrazole rings is 1. The number of nitrogens with zero attached hydrogens (tertiary/aromatic N) is 3.